The van der Waals surface area contributed by atoms with Crippen LogP contribution in [0.2, 0.25) is 0 Å². The summed E-state index contributed by atoms with van der Waals surface area (Å²) in [5.41, 5.74) is 0. The predicted octanol–water partition coefficient (Wildman–Crippen LogP) is 0.407. The van der Waals surface area contributed by atoms with Crippen LogP contribution in [0.15, 0.2) is 0 Å². The minimum atomic E-state index is -0.566. The number of rotatable bonds is 1. The predicted molar refractivity (Wildman–Crippen MR) is 38.4 cm³/mol. The van der Waals surface area contributed by atoms with Crippen molar-refractivity contribution in [1.29, 1.82) is 0 Å². The fourth-order valence-electron chi connectivity index (χ4n) is 1.17. The van der Waals surface area contributed by atoms with Crippen LogP contribution in [0.1, 0.15) is 12.8 Å². The van der Waals surface area contributed by atoms with Crippen LogP contribution in [0.4, 0.5) is 0 Å². The molecule has 2 nitrogen and oxygen atoms in total. The monoisotopic (exact) mass is 140 g/mol. The largest absolute Gasteiger partial charge is 0.381 e. The van der Waals surface area contributed by atoms with Gasteiger partial charge in [-0.25, -0.2) is 0 Å². The molecule has 1 unspecified atom stereocenters. The average Bonchev–Trinajstić information content (AvgIpc) is 2.05. The summed E-state index contributed by atoms with van der Waals surface area (Å²) in [6, 6.07) is 0. The van der Waals surface area contributed by atoms with E-state index in [0.717, 1.165) is 26.1 Å². The molecule has 56 valence electrons. The zero-order chi connectivity index (χ0) is 7.40. The van der Waals surface area contributed by atoms with Crippen LogP contribution in [0.5, 0.6) is 0 Å². The van der Waals surface area contributed by atoms with E-state index in [1.54, 1.807) is 0 Å². The van der Waals surface area contributed by atoms with Crippen LogP contribution >= 0.6 is 0 Å². The van der Waals surface area contributed by atoms with Crippen LogP contribution in [-0.4, -0.2) is 24.4 Å². The molecule has 1 saturated heterocycles. The molecule has 10 heavy (non-hydrogen) atoms. The lowest BCUT2D eigenvalue weighted by atomic mass is 9.94. The highest BCUT2D eigenvalue weighted by atomic mass is 16.5. The van der Waals surface area contributed by atoms with Gasteiger partial charge >= 0.3 is 0 Å². The van der Waals surface area contributed by atoms with Gasteiger partial charge in [-0.05, 0) is 12.8 Å². The normalized spacial score (nSPS) is 23.6. The standard InChI is InChI=1S/C8H12O2/c1-2-8(9)7-3-5-10-6-4-7/h1,7-9H,3-6H2. The first-order chi connectivity index (χ1) is 4.84. The van der Waals surface area contributed by atoms with Crippen molar-refractivity contribution in [3.8, 4) is 12.3 Å². The fourth-order valence-corrected chi connectivity index (χ4v) is 1.17. The topological polar surface area (TPSA) is 29.5 Å². The highest BCUT2D eigenvalue weighted by molar-refractivity contribution is 4.97. The Balaban J connectivity index is 2.33. The summed E-state index contributed by atoms with van der Waals surface area (Å²) in [6.45, 7) is 1.48. The molecule has 0 amide bonds. The quantitative estimate of drug-likeness (QED) is 0.534. The van der Waals surface area contributed by atoms with Crippen molar-refractivity contribution in [2.75, 3.05) is 13.2 Å². The molecule has 1 aliphatic rings. The maximum Gasteiger partial charge on any atom is 0.117 e. The van der Waals surface area contributed by atoms with Gasteiger partial charge in [-0.15, -0.1) is 6.42 Å². The van der Waals surface area contributed by atoms with Gasteiger partial charge < -0.3 is 9.84 Å². The van der Waals surface area contributed by atoms with E-state index in [2.05, 4.69) is 5.92 Å². The Bertz CT molecular complexity index is 131. The molecule has 1 atom stereocenters. The SMILES string of the molecule is C#CC(O)C1CCOCC1. The molecular formula is C8H12O2. The molecular weight excluding hydrogens is 128 g/mol. The Hall–Kier alpha value is -0.520. The zero-order valence-corrected chi connectivity index (χ0v) is 5.92. The molecule has 2 heteroatoms. The lowest BCUT2D eigenvalue weighted by molar-refractivity contribution is 0.0276. The van der Waals surface area contributed by atoms with Gasteiger partial charge in [0.15, 0.2) is 0 Å². The van der Waals surface area contributed by atoms with E-state index in [1.807, 2.05) is 0 Å². The second-order valence-electron chi connectivity index (χ2n) is 2.56. The third-order valence-corrected chi connectivity index (χ3v) is 1.88. The third kappa shape index (κ3) is 1.73. The Labute approximate surface area is 61.2 Å². The van der Waals surface area contributed by atoms with E-state index in [9.17, 15) is 5.11 Å². The summed E-state index contributed by atoms with van der Waals surface area (Å²) in [4.78, 5) is 0. The summed E-state index contributed by atoms with van der Waals surface area (Å²) >= 11 is 0. The van der Waals surface area contributed by atoms with Crippen molar-refractivity contribution in [3.05, 3.63) is 0 Å². The molecule has 0 aromatic rings. The molecule has 1 aliphatic heterocycles. The Kier molecular flexibility index (Phi) is 2.73. The van der Waals surface area contributed by atoms with Crippen molar-refractivity contribution >= 4 is 0 Å². The second-order valence-corrected chi connectivity index (χ2v) is 2.56. The van der Waals surface area contributed by atoms with Crippen molar-refractivity contribution in [2.45, 2.75) is 18.9 Å². The van der Waals surface area contributed by atoms with E-state index in [4.69, 9.17) is 11.2 Å². The lowest BCUT2D eigenvalue weighted by Crippen LogP contribution is -2.25. The van der Waals surface area contributed by atoms with Gasteiger partial charge in [-0.1, -0.05) is 5.92 Å². The van der Waals surface area contributed by atoms with Crippen LogP contribution in [0, 0.1) is 18.3 Å². The second kappa shape index (κ2) is 3.60. The van der Waals surface area contributed by atoms with Crippen molar-refractivity contribution in [1.82, 2.24) is 0 Å². The van der Waals surface area contributed by atoms with E-state index >= 15 is 0 Å². The summed E-state index contributed by atoms with van der Waals surface area (Å²) in [7, 11) is 0. The first-order valence-electron chi connectivity index (χ1n) is 3.56. The summed E-state index contributed by atoms with van der Waals surface area (Å²) in [6.07, 6.45) is 6.28. The van der Waals surface area contributed by atoms with Crippen LogP contribution in [0.25, 0.3) is 0 Å². The molecule has 0 aromatic heterocycles. The molecule has 0 spiro atoms. The van der Waals surface area contributed by atoms with Crippen molar-refractivity contribution in [2.24, 2.45) is 5.92 Å². The average molecular weight is 140 g/mol. The van der Waals surface area contributed by atoms with Gasteiger partial charge in [0.2, 0.25) is 0 Å². The van der Waals surface area contributed by atoms with E-state index in [1.165, 1.54) is 0 Å². The van der Waals surface area contributed by atoms with E-state index in [0.29, 0.717) is 0 Å². The van der Waals surface area contributed by atoms with Crippen molar-refractivity contribution < 1.29 is 9.84 Å². The summed E-state index contributed by atoms with van der Waals surface area (Å²) in [5, 5.41) is 9.19. The molecule has 0 aromatic carbocycles. The molecule has 0 aliphatic carbocycles. The van der Waals surface area contributed by atoms with Gasteiger partial charge in [0.1, 0.15) is 6.10 Å². The first-order valence-corrected chi connectivity index (χ1v) is 3.56. The maximum absolute atomic E-state index is 9.19. The minimum Gasteiger partial charge on any atom is -0.381 e. The lowest BCUT2D eigenvalue weighted by Gasteiger charge is -2.23. The number of hydrogen-bond donors (Lipinski definition) is 1. The number of aliphatic hydroxyl groups is 1. The highest BCUT2D eigenvalue weighted by Gasteiger charge is 2.19. The van der Waals surface area contributed by atoms with Crippen LogP contribution < -0.4 is 0 Å². The molecule has 0 radical (unpaired) electrons. The highest BCUT2D eigenvalue weighted by Crippen LogP contribution is 2.17. The molecule has 1 fully saturated rings. The molecule has 0 bridgehead atoms. The van der Waals surface area contributed by atoms with Crippen molar-refractivity contribution in [3.63, 3.8) is 0 Å². The van der Waals surface area contributed by atoms with Crippen LogP contribution in [0.3, 0.4) is 0 Å². The van der Waals surface area contributed by atoms with Gasteiger partial charge in [0.05, 0.1) is 0 Å². The number of hydrogen-bond acceptors (Lipinski definition) is 2. The maximum atomic E-state index is 9.19. The number of aliphatic hydroxyl groups excluding tert-OH is 1. The summed E-state index contributed by atoms with van der Waals surface area (Å²) in [5.74, 6) is 2.60. The fraction of sp³-hybridized carbons (Fsp3) is 0.750. The Morgan fingerprint density at radius 1 is 1.50 bits per heavy atom. The Morgan fingerprint density at radius 2 is 2.10 bits per heavy atom. The molecule has 0 saturated carbocycles. The Morgan fingerprint density at radius 3 is 2.60 bits per heavy atom. The minimum absolute atomic E-state index is 0.263. The molecule has 1 N–H and O–H groups in total. The first kappa shape index (κ1) is 7.59. The van der Waals surface area contributed by atoms with Crippen LogP contribution in [-0.2, 0) is 4.74 Å². The number of terminal acetylenes is 1. The zero-order valence-electron chi connectivity index (χ0n) is 5.92. The third-order valence-electron chi connectivity index (χ3n) is 1.88. The molecule has 1 heterocycles. The van der Waals surface area contributed by atoms with Gasteiger partial charge in [-0.2, -0.15) is 0 Å². The smallest absolute Gasteiger partial charge is 0.117 e. The molecule has 1 rings (SSSR count). The van der Waals surface area contributed by atoms with Gasteiger partial charge in [-0.3, -0.25) is 0 Å². The number of ether oxygens (including phenoxy) is 1. The van der Waals surface area contributed by atoms with Gasteiger partial charge in [0, 0.05) is 19.1 Å². The summed E-state index contributed by atoms with van der Waals surface area (Å²) < 4.78 is 5.11. The van der Waals surface area contributed by atoms with E-state index in [-0.39, 0.29) is 5.92 Å². The van der Waals surface area contributed by atoms with Gasteiger partial charge in [0.25, 0.3) is 0 Å². The van der Waals surface area contributed by atoms with E-state index < -0.39 is 6.10 Å².